The van der Waals surface area contributed by atoms with E-state index in [0.717, 1.165) is 13.0 Å². The average Bonchev–Trinajstić information content (AvgIpc) is 2.32. The lowest BCUT2D eigenvalue weighted by Crippen LogP contribution is -2.32. The molecule has 0 saturated carbocycles. The second-order valence-corrected chi connectivity index (χ2v) is 3.10. The van der Waals surface area contributed by atoms with Crippen LogP contribution >= 0.6 is 0 Å². The van der Waals surface area contributed by atoms with E-state index in [2.05, 4.69) is 17.6 Å². The molecule has 1 aliphatic heterocycles. The number of carbonyl (C=O) groups is 1. The summed E-state index contributed by atoms with van der Waals surface area (Å²) < 4.78 is 0. The molecule has 3 nitrogen and oxygen atoms in total. The topological polar surface area (TPSA) is 41.1 Å². The molecule has 0 bridgehead atoms. The van der Waals surface area contributed by atoms with Gasteiger partial charge >= 0.3 is 0 Å². The first-order valence-electron chi connectivity index (χ1n) is 4.22. The first kappa shape index (κ1) is 8.53. The zero-order valence-electron chi connectivity index (χ0n) is 7.18. The minimum atomic E-state index is 0.206. The predicted molar refractivity (Wildman–Crippen MR) is 44.3 cm³/mol. The van der Waals surface area contributed by atoms with Crippen LogP contribution in [0.5, 0.6) is 0 Å². The van der Waals surface area contributed by atoms with Crippen LogP contribution < -0.4 is 10.6 Å². The van der Waals surface area contributed by atoms with Crippen LogP contribution in [0.1, 0.15) is 19.8 Å². The Bertz CT molecular complexity index is 147. The van der Waals surface area contributed by atoms with Gasteiger partial charge in [0.1, 0.15) is 0 Å². The van der Waals surface area contributed by atoms with E-state index in [1.165, 1.54) is 0 Å². The first-order valence-corrected chi connectivity index (χ1v) is 4.22. The lowest BCUT2D eigenvalue weighted by molar-refractivity contribution is -0.119. The van der Waals surface area contributed by atoms with E-state index in [0.29, 0.717) is 18.4 Å². The molecule has 0 aromatic rings. The molecule has 0 aromatic heterocycles. The van der Waals surface area contributed by atoms with Gasteiger partial charge in [0.25, 0.3) is 0 Å². The van der Waals surface area contributed by atoms with Crippen LogP contribution in [0.3, 0.4) is 0 Å². The summed E-state index contributed by atoms with van der Waals surface area (Å²) in [5.74, 6) is 0.703. The number of carbonyl (C=O) groups excluding carboxylic acids is 1. The van der Waals surface area contributed by atoms with Crippen molar-refractivity contribution < 1.29 is 4.79 Å². The quantitative estimate of drug-likeness (QED) is 0.609. The van der Waals surface area contributed by atoms with Gasteiger partial charge in [-0.2, -0.15) is 0 Å². The lowest BCUT2D eigenvalue weighted by atomic mass is 9.99. The smallest absolute Gasteiger partial charge is 0.220 e. The summed E-state index contributed by atoms with van der Waals surface area (Å²) >= 11 is 0. The molecular weight excluding hydrogens is 140 g/mol. The Labute approximate surface area is 67.5 Å². The Morgan fingerprint density at radius 3 is 3.00 bits per heavy atom. The minimum Gasteiger partial charge on any atom is -0.353 e. The molecule has 3 heteroatoms. The van der Waals surface area contributed by atoms with E-state index >= 15 is 0 Å². The van der Waals surface area contributed by atoms with Gasteiger partial charge in [-0.1, -0.05) is 6.92 Å². The number of rotatable bonds is 3. The molecular formula is C8H16N2O. The van der Waals surface area contributed by atoms with E-state index < -0.39 is 0 Å². The fourth-order valence-electron chi connectivity index (χ4n) is 1.68. The lowest BCUT2D eigenvalue weighted by Gasteiger charge is -2.15. The van der Waals surface area contributed by atoms with Gasteiger partial charge in [-0.3, -0.25) is 4.79 Å². The third-order valence-corrected chi connectivity index (χ3v) is 2.27. The summed E-state index contributed by atoms with van der Waals surface area (Å²) in [5.41, 5.74) is 0. The monoisotopic (exact) mass is 156 g/mol. The van der Waals surface area contributed by atoms with Gasteiger partial charge in [-0.05, 0) is 13.5 Å². The molecule has 1 rings (SSSR count). The molecule has 1 fully saturated rings. The van der Waals surface area contributed by atoms with Crippen molar-refractivity contribution in [3.63, 3.8) is 0 Å². The number of hydrogen-bond donors (Lipinski definition) is 2. The number of hydrogen-bond acceptors (Lipinski definition) is 2. The summed E-state index contributed by atoms with van der Waals surface area (Å²) in [5, 5.41) is 6.06. The molecule has 0 aromatic carbocycles. The summed E-state index contributed by atoms with van der Waals surface area (Å²) in [6.45, 7) is 3.05. The van der Waals surface area contributed by atoms with E-state index in [9.17, 15) is 4.79 Å². The number of nitrogens with one attached hydrogen (secondary N) is 2. The largest absolute Gasteiger partial charge is 0.353 e. The minimum absolute atomic E-state index is 0.206. The van der Waals surface area contributed by atoms with Gasteiger partial charge in [0, 0.05) is 24.9 Å². The Balaban J connectivity index is 2.43. The molecule has 2 atom stereocenters. The summed E-state index contributed by atoms with van der Waals surface area (Å²) in [4.78, 5) is 11.0. The second-order valence-electron chi connectivity index (χ2n) is 3.10. The van der Waals surface area contributed by atoms with Crippen molar-refractivity contribution in [3.8, 4) is 0 Å². The molecule has 2 N–H and O–H groups in total. The van der Waals surface area contributed by atoms with E-state index in [1.807, 2.05) is 7.05 Å². The average molecular weight is 156 g/mol. The maximum absolute atomic E-state index is 11.0. The van der Waals surface area contributed by atoms with Crippen molar-refractivity contribution in [2.75, 3.05) is 13.6 Å². The Morgan fingerprint density at radius 2 is 2.45 bits per heavy atom. The molecule has 0 aliphatic carbocycles. The molecule has 0 spiro atoms. The van der Waals surface area contributed by atoms with Crippen LogP contribution in [0, 0.1) is 5.92 Å². The predicted octanol–water partition coefficient (Wildman–Crippen LogP) is 0.120. The second kappa shape index (κ2) is 3.72. The molecule has 64 valence electrons. The Kier molecular flexibility index (Phi) is 2.88. The van der Waals surface area contributed by atoms with Gasteiger partial charge < -0.3 is 10.6 Å². The normalized spacial score (nSPS) is 30.5. The van der Waals surface area contributed by atoms with Crippen LogP contribution in [0.25, 0.3) is 0 Å². The molecule has 1 amide bonds. The van der Waals surface area contributed by atoms with E-state index in [-0.39, 0.29) is 5.91 Å². The SMILES string of the molecule is CC[C@H]1NC(=O)C[C@@H]1CNC. The van der Waals surface area contributed by atoms with Crippen molar-refractivity contribution in [1.29, 1.82) is 0 Å². The van der Waals surface area contributed by atoms with Crippen molar-refractivity contribution >= 4 is 5.91 Å². The summed E-state index contributed by atoms with van der Waals surface area (Å²) in [6, 6.07) is 0.398. The van der Waals surface area contributed by atoms with Gasteiger partial charge in [0.15, 0.2) is 0 Å². The molecule has 11 heavy (non-hydrogen) atoms. The van der Waals surface area contributed by atoms with Crippen LogP contribution in [0.15, 0.2) is 0 Å². The third kappa shape index (κ3) is 1.93. The van der Waals surface area contributed by atoms with Gasteiger partial charge in [-0.25, -0.2) is 0 Å². The zero-order chi connectivity index (χ0) is 8.27. The van der Waals surface area contributed by atoms with Crippen LogP contribution in [-0.2, 0) is 4.79 Å². The number of amides is 1. The molecule has 0 unspecified atom stereocenters. The van der Waals surface area contributed by atoms with Crippen molar-refractivity contribution in [2.24, 2.45) is 5.92 Å². The maximum atomic E-state index is 11.0. The Hall–Kier alpha value is -0.570. The summed E-state index contributed by atoms with van der Waals surface area (Å²) in [6.07, 6.45) is 1.73. The Morgan fingerprint density at radius 1 is 1.73 bits per heavy atom. The van der Waals surface area contributed by atoms with Gasteiger partial charge in [-0.15, -0.1) is 0 Å². The van der Waals surface area contributed by atoms with E-state index in [1.54, 1.807) is 0 Å². The molecule has 1 heterocycles. The van der Waals surface area contributed by atoms with Crippen molar-refractivity contribution in [1.82, 2.24) is 10.6 Å². The van der Waals surface area contributed by atoms with Gasteiger partial charge in [0.05, 0.1) is 0 Å². The van der Waals surface area contributed by atoms with E-state index in [4.69, 9.17) is 0 Å². The highest BCUT2D eigenvalue weighted by molar-refractivity contribution is 5.79. The fourth-order valence-corrected chi connectivity index (χ4v) is 1.68. The highest BCUT2D eigenvalue weighted by atomic mass is 16.2. The van der Waals surface area contributed by atoms with Gasteiger partial charge in [0.2, 0.25) is 5.91 Å². The first-order chi connectivity index (χ1) is 5.27. The third-order valence-electron chi connectivity index (χ3n) is 2.27. The molecule has 1 saturated heterocycles. The van der Waals surface area contributed by atoms with Crippen molar-refractivity contribution in [3.05, 3.63) is 0 Å². The van der Waals surface area contributed by atoms with Crippen LogP contribution in [0.4, 0.5) is 0 Å². The fraction of sp³-hybridized carbons (Fsp3) is 0.875. The zero-order valence-corrected chi connectivity index (χ0v) is 7.18. The standard InChI is InChI=1S/C8H16N2O/c1-3-7-6(5-9-2)4-8(11)10-7/h6-7,9H,3-5H2,1-2H3,(H,10,11)/t6-,7-/m1/s1. The summed E-state index contributed by atoms with van der Waals surface area (Å²) in [7, 11) is 1.93. The van der Waals surface area contributed by atoms with Crippen LogP contribution in [0.2, 0.25) is 0 Å². The van der Waals surface area contributed by atoms with Crippen LogP contribution in [-0.4, -0.2) is 25.5 Å². The maximum Gasteiger partial charge on any atom is 0.220 e. The molecule has 1 aliphatic rings. The highest BCUT2D eigenvalue weighted by Gasteiger charge is 2.29. The van der Waals surface area contributed by atoms with Crippen molar-refractivity contribution in [2.45, 2.75) is 25.8 Å². The highest BCUT2D eigenvalue weighted by Crippen LogP contribution is 2.17. The molecule has 0 radical (unpaired) electrons.